The Labute approximate surface area is 90.4 Å². The van der Waals surface area contributed by atoms with Crippen LogP contribution in [-0.4, -0.2) is 9.19 Å². The topological polar surface area (TPSA) is 39.2 Å². The molecule has 76 valence electrons. The fraction of sp³-hybridized carbons (Fsp3) is 0. The fourth-order valence-corrected chi connectivity index (χ4v) is 1.78. The zero-order valence-electron chi connectivity index (χ0n) is 7.87. The maximum Gasteiger partial charge on any atom is 0.242 e. The normalized spacial score (nSPS) is 12.0. The van der Waals surface area contributed by atoms with E-state index in [9.17, 15) is 4.21 Å². The average Bonchev–Trinajstić information content (AvgIpc) is 2.31. The van der Waals surface area contributed by atoms with Gasteiger partial charge in [0.25, 0.3) is 0 Å². The first-order valence-electron chi connectivity index (χ1n) is 4.42. The molecule has 2 aromatic rings. The number of nitrogens with zero attached hydrogens (tertiary/aromatic N) is 1. The minimum absolute atomic E-state index is 0.361. The summed E-state index contributed by atoms with van der Waals surface area (Å²) >= 11 is -1.50. The molecule has 0 radical (unpaired) electrons. The molecule has 1 heterocycles. The summed E-state index contributed by atoms with van der Waals surface area (Å²) in [5, 5.41) is 0. The first kappa shape index (κ1) is 9.86. The minimum atomic E-state index is -1.50. The molecule has 0 fully saturated rings. The summed E-state index contributed by atoms with van der Waals surface area (Å²) < 4.78 is 16.8. The molecule has 1 atom stereocenters. The van der Waals surface area contributed by atoms with Crippen molar-refractivity contribution in [2.45, 2.75) is 4.90 Å². The lowest BCUT2D eigenvalue weighted by Crippen LogP contribution is -2.01. The second-order valence-corrected chi connectivity index (χ2v) is 3.91. The highest BCUT2D eigenvalue weighted by Crippen LogP contribution is 2.11. The number of hydrogen-bond acceptors (Lipinski definition) is 3. The number of rotatable bonds is 3. The van der Waals surface area contributed by atoms with Crippen molar-refractivity contribution < 1.29 is 8.39 Å². The monoisotopic (exact) mass is 219 g/mol. The van der Waals surface area contributed by atoms with Gasteiger partial charge in [0.1, 0.15) is 0 Å². The van der Waals surface area contributed by atoms with Gasteiger partial charge in [-0.3, -0.25) is 0 Å². The van der Waals surface area contributed by atoms with Crippen molar-refractivity contribution in [2.24, 2.45) is 0 Å². The van der Waals surface area contributed by atoms with Crippen LogP contribution in [0.1, 0.15) is 0 Å². The van der Waals surface area contributed by atoms with E-state index in [1.165, 1.54) is 0 Å². The largest absolute Gasteiger partial charge is 0.376 e. The molecule has 0 saturated heterocycles. The van der Waals surface area contributed by atoms with Crippen LogP contribution in [0.4, 0.5) is 0 Å². The van der Waals surface area contributed by atoms with E-state index >= 15 is 0 Å². The Kier molecular flexibility index (Phi) is 3.09. The number of pyridine rings is 1. The van der Waals surface area contributed by atoms with Crippen molar-refractivity contribution >= 4 is 11.1 Å². The van der Waals surface area contributed by atoms with Crippen molar-refractivity contribution in [1.29, 1.82) is 0 Å². The van der Waals surface area contributed by atoms with E-state index in [2.05, 4.69) is 4.98 Å². The van der Waals surface area contributed by atoms with Gasteiger partial charge in [-0.1, -0.05) is 24.3 Å². The van der Waals surface area contributed by atoms with Crippen LogP contribution in [0.25, 0.3) is 0 Å². The maximum absolute atomic E-state index is 11.7. The van der Waals surface area contributed by atoms with E-state index in [-0.39, 0.29) is 0 Å². The van der Waals surface area contributed by atoms with Crippen LogP contribution in [0.3, 0.4) is 0 Å². The highest BCUT2D eigenvalue weighted by atomic mass is 32.2. The van der Waals surface area contributed by atoms with E-state index < -0.39 is 11.1 Å². The van der Waals surface area contributed by atoms with E-state index in [1.807, 2.05) is 18.2 Å². The molecule has 0 aliphatic carbocycles. The molecule has 0 amide bonds. The van der Waals surface area contributed by atoms with Crippen LogP contribution >= 0.6 is 0 Å². The van der Waals surface area contributed by atoms with E-state index in [1.54, 1.807) is 36.5 Å². The van der Waals surface area contributed by atoms with Crippen molar-refractivity contribution in [3.05, 3.63) is 54.7 Å². The van der Waals surface area contributed by atoms with Gasteiger partial charge in [-0.05, 0) is 18.2 Å². The van der Waals surface area contributed by atoms with Gasteiger partial charge >= 0.3 is 0 Å². The van der Waals surface area contributed by atoms with Gasteiger partial charge in [0.2, 0.25) is 17.0 Å². The number of hydrogen-bond donors (Lipinski definition) is 0. The highest BCUT2D eigenvalue weighted by Gasteiger charge is 2.05. The maximum atomic E-state index is 11.7. The third-order valence-corrected chi connectivity index (χ3v) is 2.71. The molecule has 3 nitrogen and oxygen atoms in total. The Hall–Kier alpha value is -1.68. The first-order chi connectivity index (χ1) is 7.36. The third-order valence-electron chi connectivity index (χ3n) is 1.73. The van der Waals surface area contributed by atoms with Crippen molar-refractivity contribution in [1.82, 2.24) is 4.98 Å². The molecule has 15 heavy (non-hydrogen) atoms. The van der Waals surface area contributed by atoms with E-state index in [0.29, 0.717) is 10.8 Å². The summed E-state index contributed by atoms with van der Waals surface area (Å²) in [6.45, 7) is 0. The third kappa shape index (κ3) is 2.63. The van der Waals surface area contributed by atoms with Gasteiger partial charge in [0.05, 0.1) is 4.90 Å². The summed E-state index contributed by atoms with van der Waals surface area (Å²) in [6, 6.07) is 14.2. The quantitative estimate of drug-likeness (QED) is 0.794. The number of aromatic nitrogens is 1. The van der Waals surface area contributed by atoms with Gasteiger partial charge in [0, 0.05) is 12.3 Å². The Morgan fingerprint density at radius 3 is 2.40 bits per heavy atom. The van der Waals surface area contributed by atoms with Gasteiger partial charge in [-0.25, -0.2) is 9.19 Å². The molecule has 1 aromatic heterocycles. The lowest BCUT2D eigenvalue weighted by Gasteiger charge is -2.02. The average molecular weight is 219 g/mol. The smallest absolute Gasteiger partial charge is 0.242 e. The Morgan fingerprint density at radius 2 is 1.73 bits per heavy atom. The van der Waals surface area contributed by atoms with Gasteiger partial charge < -0.3 is 4.18 Å². The molecule has 1 unspecified atom stereocenters. The van der Waals surface area contributed by atoms with Crippen LogP contribution in [0.15, 0.2) is 59.6 Å². The molecule has 0 bridgehead atoms. The summed E-state index contributed by atoms with van der Waals surface area (Å²) in [6.07, 6.45) is 1.59. The van der Waals surface area contributed by atoms with E-state index in [4.69, 9.17) is 4.18 Å². The van der Waals surface area contributed by atoms with Gasteiger partial charge in [-0.15, -0.1) is 0 Å². The molecule has 0 N–H and O–H groups in total. The van der Waals surface area contributed by atoms with Crippen molar-refractivity contribution in [3.8, 4) is 5.88 Å². The van der Waals surface area contributed by atoms with Gasteiger partial charge in [0.15, 0.2) is 0 Å². The highest BCUT2D eigenvalue weighted by molar-refractivity contribution is 7.80. The Morgan fingerprint density at radius 1 is 1.00 bits per heavy atom. The molecule has 4 heteroatoms. The van der Waals surface area contributed by atoms with E-state index in [0.717, 1.165) is 0 Å². The summed E-state index contributed by atoms with van der Waals surface area (Å²) in [5.74, 6) is 0.361. The van der Waals surface area contributed by atoms with Crippen LogP contribution in [-0.2, 0) is 11.1 Å². The number of benzene rings is 1. The zero-order valence-corrected chi connectivity index (χ0v) is 8.68. The molecule has 1 aromatic carbocycles. The SMILES string of the molecule is O=S(Oc1ccccn1)c1ccccc1. The van der Waals surface area contributed by atoms with Crippen LogP contribution in [0.2, 0.25) is 0 Å². The second kappa shape index (κ2) is 4.70. The standard InChI is InChI=1S/C11H9NO2S/c13-15(10-6-2-1-3-7-10)14-11-8-4-5-9-12-11/h1-9H. The lowest BCUT2D eigenvalue weighted by molar-refractivity contribution is 0.546. The molecule has 0 aliphatic heterocycles. The van der Waals surface area contributed by atoms with Crippen LogP contribution in [0, 0.1) is 0 Å². The molecule has 2 rings (SSSR count). The minimum Gasteiger partial charge on any atom is -0.376 e. The van der Waals surface area contributed by atoms with Crippen LogP contribution < -0.4 is 4.18 Å². The predicted octanol–water partition coefficient (Wildman–Crippen LogP) is 2.18. The molecular formula is C11H9NO2S. The summed E-state index contributed by atoms with van der Waals surface area (Å²) in [4.78, 5) is 4.56. The Balaban J connectivity index is 2.12. The van der Waals surface area contributed by atoms with Crippen molar-refractivity contribution in [3.63, 3.8) is 0 Å². The fourth-order valence-electron chi connectivity index (χ4n) is 1.05. The summed E-state index contributed by atoms with van der Waals surface area (Å²) in [5.41, 5.74) is 0. The van der Waals surface area contributed by atoms with Crippen molar-refractivity contribution in [2.75, 3.05) is 0 Å². The van der Waals surface area contributed by atoms with Gasteiger partial charge in [-0.2, -0.15) is 0 Å². The molecule has 0 saturated carbocycles. The Bertz CT molecular complexity index is 445. The molecule has 0 aliphatic rings. The first-order valence-corrected chi connectivity index (χ1v) is 5.50. The predicted molar refractivity (Wildman–Crippen MR) is 57.7 cm³/mol. The second-order valence-electron chi connectivity index (χ2n) is 2.80. The molecular weight excluding hydrogens is 210 g/mol. The lowest BCUT2D eigenvalue weighted by atomic mass is 10.4. The summed E-state index contributed by atoms with van der Waals surface area (Å²) in [7, 11) is 0. The molecule has 0 spiro atoms. The van der Waals surface area contributed by atoms with Crippen LogP contribution in [0.5, 0.6) is 5.88 Å². The zero-order chi connectivity index (χ0) is 10.5.